The molecule has 0 spiro atoms. The van der Waals surface area contributed by atoms with Gasteiger partial charge in [0.1, 0.15) is 0 Å². The van der Waals surface area contributed by atoms with E-state index in [2.05, 4.69) is 32.2 Å². The summed E-state index contributed by atoms with van der Waals surface area (Å²) >= 11 is 0. The normalized spacial score (nSPS) is 17.3. The maximum atomic E-state index is 13.2. The third-order valence-electron chi connectivity index (χ3n) is 6.21. The lowest BCUT2D eigenvalue weighted by Gasteiger charge is -2.22. The van der Waals surface area contributed by atoms with Gasteiger partial charge in [-0.05, 0) is 56.5 Å². The number of H-pyrrole nitrogens is 1. The minimum atomic E-state index is -0.993. The zero-order chi connectivity index (χ0) is 24.6. The summed E-state index contributed by atoms with van der Waals surface area (Å²) in [6, 6.07) is 9.60. The van der Waals surface area contributed by atoms with Crippen LogP contribution in [-0.2, 0) is 18.3 Å². The number of benzene rings is 1. The van der Waals surface area contributed by atoms with E-state index in [0.29, 0.717) is 29.4 Å². The molecule has 0 radical (unpaired) electrons. The van der Waals surface area contributed by atoms with Gasteiger partial charge in [-0.15, -0.1) is 0 Å². The molecule has 5 rings (SSSR count). The summed E-state index contributed by atoms with van der Waals surface area (Å²) in [4.78, 5) is 25.3. The Bertz CT molecular complexity index is 1430. The third kappa shape index (κ3) is 5.11. The third-order valence-corrected chi connectivity index (χ3v) is 6.21. The first-order valence-electron chi connectivity index (χ1n) is 11.8. The van der Waals surface area contributed by atoms with Crippen LogP contribution in [-0.4, -0.2) is 54.1 Å². The van der Waals surface area contributed by atoms with E-state index in [-0.39, 0.29) is 6.54 Å². The molecular formula is C26H30N6O3. The number of ether oxygens (including phenoxy) is 1. The van der Waals surface area contributed by atoms with Crippen molar-refractivity contribution in [2.75, 3.05) is 13.2 Å². The van der Waals surface area contributed by atoms with Crippen molar-refractivity contribution in [1.29, 1.82) is 0 Å². The van der Waals surface area contributed by atoms with Gasteiger partial charge in [0.25, 0.3) is 5.91 Å². The smallest absolute Gasteiger partial charge is 0.280 e. The minimum absolute atomic E-state index is 0.280. The number of fused-ring (bicyclic) bond motifs is 1. The Morgan fingerprint density at radius 3 is 2.89 bits per heavy atom. The number of aryl methyl sites for hydroxylation is 1. The molecule has 1 unspecified atom stereocenters. The van der Waals surface area contributed by atoms with Crippen LogP contribution < -0.4 is 5.62 Å². The lowest BCUT2D eigenvalue weighted by atomic mass is 9.93. The summed E-state index contributed by atoms with van der Waals surface area (Å²) in [5.74, 6) is -0.0431. The average molecular weight is 475 g/mol. The Kier molecular flexibility index (Phi) is 6.12. The molecule has 1 aliphatic heterocycles. The highest BCUT2D eigenvalue weighted by Gasteiger charge is 2.20. The molecule has 9 nitrogen and oxygen atoms in total. The van der Waals surface area contributed by atoms with Crippen LogP contribution in [0, 0.1) is 0 Å². The number of aromatic nitrogens is 5. The van der Waals surface area contributed by atoms with Gasteiger partial charge in [0, 0.05) is 43.1 Å². The minimum Gasteiger partial charge on any atom is -0.389 e. The van der Waals surface area contributed by atoms with Crippen LogP contribution in [0.5, 0.6) is 0 Å². The molecule has 0 aliphatic carbocycles. The lowest BCUT2D eigenvalue weighted by molar-refractivity contribution is 0.0612. The topological polar surface area (TPSA) is 110 Å². The second-order valence-corrected chi connectivity index (χ2v) is 9.79. The van der Waals surface area contributed by atoms with Crippen LogP contribution in [0.25, 0.3) is 22.3 Å². The van der Waals surface area contributed by atoms with Gasteiger partial charge in [0.2, 0.25) is 5.62 Å². The highest BCUT2D eigenvalue weighted by Crippen LogP contribution is 2.27. The maximum Gasteiger partial charge on any atom is 0.280 e. The summed E-state index contributed by atoms with van der Waals surface area (Å²) in [5, 5.41) is 14.7. The van der Waals surface area contributed by atoms with Crippen molar-refractivity contribution in [3.05, 3.63) is 65.7 Å². The molecule has 0 bridgehead atoms. The van der Waals surface area contributed by atoms with Gasteiger partial charge in [-0.25, -0.2) is 0 Å². The van der Waals surface area contributed by atoms with E-state index >= 15 is 0 Å². The predicted octanol–water partition coefficient (Wildman–Crippen LogP) is 3.17. The van der Waals surface area contributed by atoms with E-state index in [1.807, 2.05) is 23.9 Å². The zero-order valence-corrected chi connectivity index (χ0v) is 20.2. The number of carbonyl (C=O) groups excluding carboxylic acids is 1. The predicted molar refractivity (Wildman–Crippen MR) is 132 cm³/mol. The largest absolute Gasteiger partial charge is 0.389 e. The second kappa shape index (κ2) is 9.24. The Balaban J connectivity index is 1.55. The van der Waals surface area contributed by atoms with Crippen molar-refractivity contribution >= 4 is 16.9 Å². The molecule has 9 heteroatoms. The Hall–Kier alpha value is -3.56. The molecule has 4 heterocycles. The maximum absolute atomic E-state index is 13.2. The van der Waals surface area contributed by atoms with Gasteiger partial charge in [-0.1, -0.05) is 6.07 Å². The number of aromatic amines is 1. The molecule has 1 fully saturated rings. The van der Waals surface area contributed by atoms with Gasteiger partial charge in [0.05, 0.1) is 41.7 Å². The number of rotatable bonds is 5. The summed E-state index contributed by atoms with van der Waals surface area (Å²) in [7, 11) is 1.83. The number of pyridine rings is 1. The Morgan fingerprint density at radius 1 is 1.31 bits per heavy atom. The van der Waals surface area contributed by atoms with Crippen molar-refractivity contribution in [3.8, 4) is 11.3 Å². The first-order valence-corrected chi connectivity index (χ1v) is 11.8. The number of imidazole rings is 1. The van der Waals surface area contributed by atoms with Crippen LogP contribution in [0.1, 0.15) is 48.5 Å². The summed E-state index contributed by atoms with van der Waals surface area (Å²) < 4.78 is 9.21. The molecule has 2 N–H and O–H groups in total. The lowest BCUT2D eigenvalue weighted by Crippen LogP contribution is -2.32. The van der Waals surface area contributed by atoms with Crippen molar-refractivity contribution in [3.63, 3.8) is 0 Å². The van der Waals surface area contributed by atoms with Crippen molar-refractivity contribution < 1.29 is 14.6 Å². The van der Waals surface area contributed by atoms with E-state index in [9.17, 15) is 9.90 Å². The van der Waals surface area contributed by atoms with Gasteiger partial charge < -0.3 is 19.4 Å². The molecule has 1 aliphatic rings. The monoisotopic (exact) mass is 474 g/mol. The standard InChI is InChI=1S/C26H30N6O3/c1-26(2,34)16-32-23-7-6-17(19-5-4-10-35-15-19)11-22(23)29-25(32)30-24(33)18-8-9-27-21(12-18)20-13-28-31(3)14-20/h6-9,11-14,19,34H,4-5,10,15-16H2,1-3H3,(H,29,30,33). The Labute approximate surface area is 203 Å². The van der Waals surface area contributed by atoms with E-state index in [1.54, 1.807) is 43.1 Å². The first kappa shape index (κ1) is 23.2. The highest BCUT2D eigenvalue weighted by atomic mass is 16.5. The molecular weight excluding hydrogens is 444 g/mol. The fourth-order valence-corrected chi connectivity index (χ4v) is 4.52. The van der Waals surface area contributed by atoms with Crippen LogP contribution in [0.15, 0.2) is 53.9 Å². The molecule has 1 aromatic carbocycles. The van der Waals surface area contributed by atoms with Crippen molar-refractivity contribution in [1.82, 2.24) is 24.3 Å². The molecule has 1 saturated heterocycles. The van der Waals surface area contributed by atoms with Crippen LogP contribution in [0.2, 0.25) is 0 Å². The molecule has 1 atom stereocenters. The van der Waals surface area contributed by atoms with E-state index in [1.165, 1.54) is 5.56 Å². The van der Waals surface area contributed by atoms with E-state index < -0.39 is 11.5 Å². The van der Waals surface area contributed by atoms with E-state index in [0.717, 1.165) is 36.0 Å². The number of nitrogens with zero attached hydrogens (tertiary/aromatic N) is 5. The van der Waals surface area contributed by atoms with Gasteiger partial charge in [-0.3, -0.25) is 14.5 Å². The number of hydrogen-bond donors (Lipinski definition) is 2. The average Bonchev–Trinajstić information content (AvgIpc) is 3.42. The fraction of sp³-hybridized carbons (Fsp3) is 0.385. The van der Waals surface area contributed by atoms with Gasteiger partial charge in [0.15, 0.2) is 0 Å². The molecule has 35 heavy (non-hydrogen) atoms. The van der Waals surface area contributed by atoms with E-state index in [4.69, 9.17) is 4.74 Å². The molecule has 0 saturated carbocycles. The Morgan fingerprint density at radius 2 is 2.17 bits per heavy atom. The van der Waals surface area contributed by atoms with Gasteiger partial charge in [-0.2, -0.15) is 10.1 Å². The van der Waals surface area contributed by atoms with Crippen molar-refractivity contribution in [2.45, 2.75) is 44.8 Å². The molecule has 182 valence electrons. The number of hydrogen-bond acceptors (Lipinski definition) is 5. The summed E-state index contributed by atoms with van der Waals surface area (Å²) in [6.45, 7) is 5.28. The first-order chi connectivity index (χ1) is 16.8. The van der Waals surface area contributed by atoms with Crippen LogP contribution in [0.3, 0.4) is 0 Å². The summed E-state index contributed by atoms with van der Waals surface area (Å²) in [5.41, 5.74) is 4.24. The van der Waals surface area contributed by atoms with Crippen LogP contribution >= 0.6 is 0 Å². The quantitative estimate of drug-likeness (QED) is 0.462. The number of nitrogens with one attached hydrogen (secondary N) is 1. The number of aliphatic hydroxyl groups is 1. The van der Waals surface area contributed by atoms with Gasteiger partial charge >= 0.3 is 0 Å². The van der Waals surface area contributed by atoms with Crippen LogP contribution in [0.4, 0.5) is 0 Å². The molecule has 4 aromatic rings. The number of amides is 1. The molecule has 1 amide bonds. The van der Waals surface area contributed by atoms with Crippen molar-refractivity contribution in [2.24, 2.45) is 12.0 Å². The highest BCUT2D eigenvalue weighted by molar-refractivity contribution is 5.95. The fourth-order valence-electron chi connectivity index (χ4n) is 4.52. The second-order valence-electron chi connectivity index (χ2n) is 9.79. The molecule has 3 aromatic heterocycles. The zero-order valence-electron chi connectivity index (χ0n) is 20.2. The summed E-state index contributed by atoms with van der Waals surface area (Å²) in [6.07, 6.45) is 7.29. The number of carbonyl (C=O) groups is 1. The SMILES string of the molecule is Cn1cc(-c2cc(C(=O)/N=c3\[nH]c4cc(C5CCCOC5)ccc4n3CC(C)(C)O)ccn2)cn1.